The smallest absolute Gasteiger partial charge is 0.0234 e. The van der Waals surface area contributed by atoms with Crippen LogP contribution in [0, 0.1) is 11.8 Å². The largest absolute Gasteiger partial charge is 0.329 e. The SMILES string of the molecule is CC1CCC(CN(CCN)Cc2ccccc2)CC1. The summed E-state index contributed by atoms with van der Waals surface area (Å²) in [5.74, 6) is 1.82. The van der Waals surface area contributed by atoms with Crippen molar-refractivity contribution in [2.75, 3.05) is 19.6 Å². The molecular formula is C17H28N2. The van der Waals surface area contributed by atoms with Gasteiger partial charge in [-0.2, -0.15) is 0 Å². The lowest BCUT2D eigenvalue weighted by Gasteiger charge is -2.31. The van der Waals surface area contributed by atoms with Crippen LogP contribution in [-0.2, 0) is 6.54 Å². The van der Waals surface area contributed by atoms with Gasteiger partial charge in [-0.15, -0.1) is 0 Å². The van der Waals surface area contributed by atoms with E-state index in [2.05, 4.69) is 42.2 Å². The molecule has 0 aliphatic heterocycles. The molecule has 19 heavy (non-hydrogen) atoms. The van der Waals surface area contributed by atoms with Crippen molar-refractivity contribution in [2.24, 2.45) is 17.6 Å². The van der Waals surface area contributed by atoms with Crippen LogP contribution >= 0.6 is 0 Å². The number of hydrogen-bond acceptors (Lipinski definition) is 2. The highest BCUT2D eigenvalue weighted by Gasteiger charge is 2.20. The zero-order chi connectivity index (χ0) is 13.5. The second-order valence-electron chi connectivity index (χ2n) is 6.14. The minimum atomic E-state index is 0.760. The number of benzene rings is 1. The van der Waals surface area contributed by atoms with Gasteiger partial charge in [-0.1, -0.05) is 50.1 Å². The minimum absolute atomic E-state index is 0.760. The van der Waals surface area contributed by atoms with Gasteiger partial charge in [-0.3, -0.25) is 4.90 Å². The molecule has 0 amide bonds. The van der Waals surface area contributed by atoms with Crippen LogP contribution < -0.4 is 5.73 Å². The Hall–Kier alpha value is -0.860. The number of nitrogens with two attached hydrogens (primary N) is 1. The van der Waals surface area contributed by atoms with Crippen LogP contribution in [-0.4, -0.2) is 24.5 Å². The normalized spacial score (nSPS) is 23.7. The predicted octanol–water partition coefficient (Wildman–Crippen LogP) is 3.27. The third-order valence-electron chi connectivity index (χ3n) is 4.35. The molecule has 0 spiro atoms. The minimum Gasteiger partial charge on any atom is -0.329 e. The second-order valence-corrected chi connectivity index (χ2v) is 6.14. The molecule has 1 aliphatic rings. The Morgan fingerprint density at radius 2 is 1.79 bits per heavy atom. The molecule has 2 N–H and O–H groups in total. The van der Waals surface area contributed by atoms with Crippen molar-refractivity contribution in [3.8, 4) is 0 Å². The quantitative estimate of drug-likeness (QED) is 0.850. The summed E-state index contributed by atoms with van der Waals surface area (Å²) in [7, 11) is 0. The van der Waals surface area contributed by atoms with Crippen molar-refractivity contribution < 1.29 is 0 Å². The summed E-state index contributed by atoms with van der Waals surface area (Å²) in [6.45, 7) is 6.43. The fourth-order valence-corrected chi connectivity index (χ4v) is 3.14. The Balaban J connectivity index is 1.85. The van der Waals surface area contributed by atoms with E-state index in [1.807, 2.05) is 0 Å². The van der Waals surface area contributed by atoms with Crippen molar-refractivity contribution >= 4 is 0 Å². The third-order valence-corrected chi connectivity index (χ3v) is 4.35. The lowest BCUT2D eigenvalue weighted by Crippen LogP contribution is -2.34. The van der Waals surface area contributed by atoms with Gasteiger partial charge in [-0.05, 0) is 30.2 Å². The van der Waals surface area contributed by atoms with Crippen LogP contribution in [0.4, 0.5) is 0 Å². The topological polar surface area (TPSA) is 29.3 Å². The van der Waals surface area contributed by atoms with Gasteiger partial charge >= 0.3 is 0 Å². The molecule has 0 radical (unpaired) electrons. The Labute approximate surface area is 118 Å². The van der Waals surface area contributed by atoms with Crippen molar-refractivity contribution in [3.63, 3.8) is 0 Å². The number of nitrogens with zero attached hydrogens (tertiary/aromatic N) is 1. The maximum atomic E-state index is 5.77. The monoisotopic (exact) mass is 260 g/mol. The van der Waals surface area contributed by atoms with Crippen molar-refractivity contribution in [2.45, 2.75) is 39.2 Å². The van der Waals surface area contributed by atoms with Crippen molar-refractivity contribution in [3.05, 3.63) is 35.9 Å². The molecule has 1 fully saturated rings. The molecule has 2 rings (SSSR count). The summed E-state index contributed by atoms with van der Waals surface area (Å²) in [5, 5.41) is 0. The molecule has 106 valence electrons. The average molecular weight is 260 g/mol. The van der Waals surface area contributed by atoms with E-state index < -0.39 is 0 Å². The second kappa shape index (κ2) is 7.66. The van der Waals surface area contributed by atoms with E-state index in [0.717, 1.165) is 31.5 Å². The van der Waals surface area contributed by atoms with Crippen LogP contribution in [0.5, 0.6) is 0 Å². The van der Waals surface area contributed by atoms with E-state index in [1.54, 1.807) is 0 Å². The molecule has 0 heterocycles. The van der Waals surface area contributed by atoms with E-state index in [1.165, 1.54) is 37.8 Å². The molecule has 0 aromatic heterocycles. The fraction of sp³-hybridized carbons (Fsp3) is 0.647. The highest BCUT2D eigenvalue weighted by atomic mass is 15.1. The van der Waals surface area contributed by atoms with Crippen LogP contribution in [0.3, 0.4) is 0 Å². The van der Waals surface area contributed by atoms with Gasteiger partial charge in [0.1, 0.15) is 0 Å². The molecule has 0 unspecified atom stereocenters. The van der Waals surface area contributed by atoms with E-state index in [4.69, 9.17) is 5.73 Å². The maximum absolute atomic E-state index is 5.77. The Morgan fingerprint density at radius 1 is 1.11 bits per heavy atom. The van der Waals surface area contributed by atoms with E-state index in [0.29, 0.717) is 0 Å². The summed E-state index contributed by atoms with van der Waals surface area (Å²) >= 11 is 0. The lowest BCUT2D eigenvalue weighted by atomic mass is 9.83. The average Bonchev–Trinajstić information content (AvgIpc) is 2.43. The van der Waals surface area contributed by atoms with Gasteiger partial charge in [0, 0.05) is 26.2 Å². The molecule has 0 atom stereocenters. The van der Waals surface area contributed by atoms with Crippen LogP contribution in [0.15, 0.2) is 30.3 Å². The lowest BCUT2D eigenvalue weighted by molar-refractivity contribution is 0.182. The maximum Gasteiger partial charge on any atom is 0.0234 e. The van der Waals surface area contributed by atoms with E-state index >= 15 is 0 Å². The van der Waals surface area contributed by atoms with Gasteiger partial charge in [0.05, 0.1) is 0 Å². The van der Waals surface area contributed by atoms with Crippen molar-refractivity contribution in [1.29, 1.82) is 0 Å². The van der Waals surface area contributed by atoms with Gasteiger partial charge < -0.3 is 5.73 Å². The first-order valence-electron chi connectivity index (χ1n) is 7.74. The first kappa shape index (κ1) is 14.5. The third kappa shape index (κ3) is 4.96. The molecule has 1 aromatic rings. The Kier molecular flexibility index (Phi) is 5.87. The fourth-order valence-electron chi connectivity index (χ4n) is 3.14. The summed E-state index contributed by atoms with van der Waals surface area (Å²) in [4.78, 5) is 2.54. The summed E-state index contributed by atoms with van der Waals surface area (Å²) in [5.41, 5.74) is 7.17. The first-order valence-corrected chi connectivity index (χ1v) is 7.74. The van der Waals surface area contributed by atoms with Gasteiger partial charge in [0.25, 0.3) is 0 Å². The molecule has 2 heteroatoms. The Morgan fingerprint density at radius 3 is 2.42 bits per heavy atom. The first-order chi connectivity index (χ1) is 9.28. The molecule has 1 saturated carbocycles. The molecular weight excluding hydrogens is 232 g/mol. The molecule has 0 bridgehead atoms. The zero-order valence-electron chi connectivity index (χ0n) is 12.2. The highest BCUT2D eigenvalue weighted by molar-refractivity contribution is 5.14. The van der Waals surface area contributed by atoms with Crippen molar-refractivity contribution in [1.82, 2.24) is 4.90 Å². The molecule has 2 nitrogen and oxygen atoms in total. The van der Waals surface area contributed by atoms with Crippen LogP contribution in [0.2, 0.25) is 0 Å². The Bertz CT molecular complexity index is 342. The highest BCUT2D eigenvalue weighted by Crippen LogP contribution is 2.29. The summed E-state index contributed by atoms with van der Waals surface area (Å²) < 4.78 is 0. The molecule has 1 aromatic carbocycles. The zero-order valence-corrected chi connectivity index (χ0v) is 12.2. The summed E-state index contributed by atoms with van der Waals surface area (Å²) in [6, 6.07) is 10.8. The van der Waals surface area contributed by atoms with Crippen LogP contribution in [0.25, 0.3) is 0 Å². The van der Waals surface area contributed by atoms with Gasteiger partial charge in [-0.25, -0.2) is 0 Å². The predicted molar refractivity (Wildman–Crippen MR) is 81.9 cm³/mol. The number of hydrogen-bond donors (Lipinski definition) is 1. The van der Waals surface area contributed by atoms with Crippen LogP contribution in [0.1, 0.15) is 38.2 Å². The van der Waals surface area contributed by atoms with E-state index in [9.17, 15) is 0 Å². The standard InChI is InChI=1S/C17H28N2/c1-15-7-9-17(10-8-15)14-19(12-11-18)13-16-5-3-2-4-6-16/h2-6,15,17H,7-14,18H2,1H3. The van der Waals surface area contributed by atoms with E-state index in [-0.39, 0.29) is 0 Å². The summed E-state index contributed by atoms with van der Waals surface area (Å²) in [6.07, 6.45) is 5.62. The number of rotatable bonds is 6. The van der Waals surface area contributed by atoms with Gasteiger partial charge in [0.2, 0.25) is 0 Å². The molecule has 0 saturated heterocycles. The van der Waals surface area contributed by atoms with Gasteiger partial charge in [0.15, 0.2) is 0 Å². The molecule has 1 aliphatic carbocycles.